The Morgan fingerprint density at radius 1 is 1.14 bits per heavy atom. The molecule has 2 aromatic heterocycles. The van der Waals surface area contributed by atoms with Gasteiger partial charge in [-0.1, -0.05) is 30.0 Å². The molecule has 0 unspecified atom stereocenters. The second kappa shape index (κ2) is 6.32. The minimum Gasteiger partial charge on any atom is -0.285 e. The smallest absolute Gasteiger partial charge is 0.262 e. The normalized spacial score (nSPS) is 11.2. The summed E-state index contributed by atoms with van der Waals surface area (Å²) in [4.78, 5) is 21.7. The quantitative estimate of drug-likeness (QED) is 0.545. The third-order valence-corrected chi connectivity index (χ3v) is 4.35. The van der Waals surface area contributed by atoms with E-state index in [1.54, 1.807) is 22.5 Å². The maximum absolute atomic E-state index is 12.7. The molecular weight excluding hydrogens is 294 g/mol. The summed E-state index contributed by atoms with van der Waals surface area (Å²) in [6, 6.07) is 13.4. The van der Waals surface area contributed by atoms with Crippen LogP contribution in [-0.4, -0.2) is 14.5 Å². The number of nitrogens with zero attached hydrogens (tertiary/aromatic N) is 3. The predicted molar refractivity (Wildman–Crippen MR) is 90.2 cm³/mol. The molecule has 5 heteroatoms. The number of para-hydroxylation sites is 1. The van der Waals surface area contributed by atoms with E-state index < -0.39 is 0 Å². The minimum atomic E-state index is 0.0177. The Morgan fingerprint density at radius 3 is 2.64 bits per heavy atom. The molecule has 0 spiro atoms. The summed E-state index contributed by atoms with van der Waals surface area (Å²) in [5.74, 6) is 0.693. The Morgan fingerprint density at radius 2 is 1.91 bits per heavy atom. The van der Waals surface area contributed by atoms with Crippen molar-refractivity contribution >= 4 is 22.7 Å². The number of aromatic nitrogens is 3. The maximum atomic E-state index is 12.7. The fraction of sp³-hybridized carbons (Fsp3) is 0.235. The molecule has 0 fully saturated rings. The van der Waals surface area contributed by atoms with E-state index in [2.05, 4.69) is 9.97 Å². The van der Waals surface area contributed by atoms with Crippen molar-refractivity contribution in [2.45, 2.75) is 30.8 Å². The summed E-state index contributed by atoms with van der Waals surface area (Å²) in [6.07, 6.45) is 1.78. The molecule has 0 saturated heterocycles. The number of pyridine rings is 1. The zero-order valence-electron chi connectivity index (χ0n) is 12.6. The molecule has 0 N–H and O–H groups in total. The van der Waals surface area contributed by atoms with E-state index in [1.165, 1.54) is 0 Å². The summed E-state index contributed by atoms with van der Waals surface area (Å²) in [7, 11) is 0. The van der Waals surface area contributed by atoms with Crippen LogP contribution in [-0.2, 0) is 5.75 Å². The number of hydrogen-bond donors (Lipinski definition) is 0. The van der Waals surface area contributed by atoms with Gasteiger partial charge >= 0.3 is 0 Å². The molecule has 0 aliphatic rings. The Bertz CT molecular complexity index is 843. The Labute approximate surface area is 133 Å². The fourth-order valence-electron chi connectivity index (χ4n) is 2.30. The van der Waals surface area contributed by atoms with Crippen LogP contribution in [0, 0.1) is 0 Å². The van der Waals surface area contributed by atoms with Crippen molar-refractivity contribution in [3.8, 4) is 0 Å². The molecule has 0 bridgehead atoms. The lowest BCUT2D eigenvalue weighted by molar-refractivity contribution is 0.519. The van der Waals surface area contributed by atoms with Crippen LogP contribution in [0.15, 0.2) is 58.6 Å². The molecule has 3 aromatic rings. The van der Waals surface area contributed by atoms with Crippen LogP contribution >= 0.6 is 11.8 Å². The summed E-state index contributed by atoms with van der Waals surface area (Å²) in [5, 5.41) is 1.41. The molecule has 112 valence electrons. The lowest BCUT2D eigenvalue weighted by Crippen LogP contribution is -2.25. The lowest BCUT2D eigenvalue weighted by atomic mass is 10.2. The third kappa shape index (κ3) is 2.90. The highest BCUT2D eigenvalue weighted by Crippen LogP contribution is 2.23. The topological polar surface area (TPSA) is 47.8 Å². The van der Waals surface area contributed by atoms with E-state index in [1.807, 2.05) is 56.3 Å². The average molecular weight is 311 g/mol. The van der Waals surface area contributed by atoms with Gasteiger partial charge in [0.05, 0.1) is 16.6 Å². The molecule has 3 rings (SSSR count). The van der Waals surface area contributed by atoms with Crippen LogP contribution < -0.4 is 5.56 Å². The SMILES string of the molecule is CC(C)n1c(SCc2ccccn2)nc2ccccc2c1=O. The molecule has 2 heterocycles. The molecule has 0 saturated carbocycles. The van der Waals surface area contributed by atoms with Gasteiger partial charge in [0.15, 0.2) is 5.16 Å². The average Bonchev–Trinajstić information content (AvgIpc) is 2.53. The Balaban J connectivity index is 2.04. The van der Waals surface area contributed by atoms with Gasteiger partial charge in [-0.3, -0.25) is 14.3 Å². The van der Waals surface area contributed by atoms with Crippen molar-refractivity contribution in [3.63, 3.8) is 0 Å². The van der Waals surface area contributed by atoms with Gasteiger partial charge in [0.2, 0.25) is 0 Å². The highest BCUT2D eigenvalue weighted by atomic mass is 32.2. The zero-order chi connectivity index (χ0) is 15.5. The first kappa shape index (κ1) is 14.8. The molecule has 1 aromatic carbocycles. The fourth-order valence-corrected chi connectivity index (χ4v) is 3.35. The molecule has 0 amide bonds. The van der Waals surface area contributed by atoms with Crippen molar-refractivity contribution in [2.24, 2.45) is 0 Å². The Hall–Kier alpha value is -2.14. The molecule has 0 radical (unpaired) electrons. The van der Waals surface area contributed by atoms with Crippen LogP contribution in [0.1, 0.15) is 25.6 Å². The van der Waals surface area contributed by atoms with E-state index in [0.29, 0.717) is 11.1 Å². The summed E-state index contributed by atoms with van der Waals surface area (Å²) in [5.41, 5.74) is 1.74. The second-order valence-corrected chi connectivity index (χ2v) is 6.23. The Kier molecular flexibility index (Phi) is 4.24. The first-order valence-electron chi connectivity index (χ1n) is 7.21. The van der Waals surface area contributed by atoms with Gasteiger partial charge in [0.25, 0.3) is 5.56 Å². The van der Waals surface area contributed by atoms with Crippen LogP contribution in [0.25, 0.3) is 10.9 Å². The van der Waals surface area contributed by atoms with Gasteiger partial charge in [-0.2, -0.15) is 0 Å². The van der Waals surface area contributed by atoms with E-state index in [-0.39, 0.29) is 11.6 Å². The van der Waals surface area contributed by atoms with Gasteiger partial charge in [-0.15, -0.1) is 0 Å². The van der Waals surface area contributed by atoms with Crippen molar-refractivity contribution in [1.82, 2.24) is 14.5 Å². The van der Waals surface area contributed by atoms with Crippen molar-refractivity contribution < 1.29 is 0 Å². The van der Waals surface area contributed by atoms with E-state index in [9.17, 15) is 4.79 Å². The first-order valence-corrected chi connectivity index (χ1v) is 8.19. The third-order valence-electron chi connectivity index (χ3n) is 3.37. The zero-order valence-corrected chi connectivity index (χ0v) is 13.4. The van der Waals surface area contributed by atoms with Gasteiger partial charge in [0, 0.05) is 18.0 Å². The molecule has 4 nitrogen and oxygen atoms in total. The highest BCUT2D eigenvalue weighted by molar-refractivity contribution is 7.98. The predicted octanol–water partition coefficient (Wildman–Crippen LogP) is 3.66. The number of fused-ring (bicyclic) bond motifs is 1. The van der Waals surface area contributed by atoms with E-state index in [4.69, 9.17) is 0 Å². The van der Waals surface area contributed by atoms with Crippen LogP contribution in [0.5, 0.6) is 0 Å². The molecular formula is C17H17N3OS. The van der Waals surface area contributed by atoms with Crippen molar-refractivity contribution in [1.29, 1.82) is 0 Å². The summed E-state index contributed by atoms with van der Waals surface area (Å²) >= 11 is 1.55. The first-order chi connectivity index (χ1) is 10.7. The maximum Gasteiger partial charge on any atom is 0.262 e. The number of thioether (sulfide) groups is 1. The van der Waals surface area contributed by atoms with Crippen LogP contribution in [0.4, 0.5) is 0 Å². The van der Waals surface area contributed by atoms with Crippen LogP contribution in [0.3, 0.4) is 0 Å². The monoisotopic (exact) mass is 311 g/mol. The summed E-state index contributed by atoms with van der Waals surface area (Å²) < 4.78 is 1.76. The number of hydrogen-bond acceptors (Lipinski definition) is 4. The van der Waals surface area contributed by atoms with E-state index >= 15 is 0 Å². The second-order valence-electron chi connectivity index (χ2n) is 5.29. The van der Waals surface area contributed by atoms with Crippen LogP contribution in [0.2, 0.25) is 0 Å². The van der Waals surface area contributed by atoms with Crippen molar-refractivity contribution in [2.75, 3.05) is 0 Å². The van der Waals surface area contributed by atoms with Gasteiger partial charge < -0.3 is 0 Å². The molecule has 22 heavy (non-hydrogen) atoms. The van der Waals surface area contributed by atoms with Gasteiger partial charge in [-0.05, 0) is 38.1 Å². The summed E-state index contributed by atoms with van der Waals surface area (Å²) in [6.45, 7) is 4.01. The number of rotatable bonds is 4. The number of benzene rings is 1. The van der Waals surface area contributed by atoms with Gasteiger partial charge in [-0.25, -0.2) is 4.98 Å². The lowest BCUT2D eigenvalue weighted by Gasteiger charge is -2.15. The minimum absolute atomic E-state index is 0.0177. The van der Waals surface area contributed by atoms with Crippen molar-refractivity contribution in [3.05, 3.63) is 64.7 Å². The molecule has 0 atom stereocenters. The van der Waals surface area contributed by atoms with Gasteiger partial charge in [0.1, 0.15) is 0 Å². The molecule has 0 aliphatic heterocycles. The molecule has 0 aliphatic carbocycles. The largest absolute Gasteiger partial charge is 0.285 e. The highest BCUT2D eigenvalue weighted by Gasteiger charge is 2.13. The standard InChI is InChI=1S/C17H17N3OS/c1-12(2)20-16(21)14-8-3-4-9-15(14)19-17(20)22-11-13-7-5-6-10-18-13/h3-10,12H,11H2,1-2H3. The van der Waals surface area contributed by atoms with E-state index in [0.717, 1.165) is 16.4 Å².